The summed E-state index contributed by atoms with van der Waals surface area (Å²) < 4.78 is 0. The molecule has 84 valence electrons. The van der Waals surface area contributed by atoms with E-state index in [0.29, 0.717) is 11.7 Å². The second kappa shape index (κ2) is 8.02. The lowest BCUT2D eigenvalue weighted by molar-refractivity contribution is -0.120. The van der Waals surface area contributed by atoms with Crippen molar-refractivity contribution in [2.75, 3.05) is 0 Å². The van der Waals surface area contributed by atoms with E-state index in [1.54, 1.807) is 6.92 Å². The molecule has 0 aromatic rings. The molecule has 1 nitrogen and oxygen atoms in total. The SMILES string of the molecule is CC.CC(=O)C(C)CC1CCCCC1. The first kappa shape index (κ1) is 13.7. The van der Waals surface area contributed by atoms with Crippen LogP contribution in [0.15, 0.2) is 0 Å². The van der Waals surface area contributed by atoms with Crippen LogP contribution in [0.2, 0.25) is 0 Å². The highest BCUT2D eigenvalue weighted by Gasteiger charge is 2.18. The predicted octanol–water partition coefficient (Wildman–Crippen LogP) is 4.21. The third-order valence-corrected chi connectivity index (χ3v) is 3.11. The van der Waals surface area contributed by atoms with E-state index in [-0.39, 0.29) is 0 Å². The van der Waals surface area contributed by atoms with E-state index < -0.39 is 0 Å². The van der Waals surface area contributed by atoms with Crippen molar-refractivity contribution in [3.8, 4) is 0 Å². The molecular formula is C13H26O. The molecule has 0 saturated heterocycles. The summed E-state index contributed by atoms with van der Waals surface area (Å²) in [6.07, 6.45) is 8.03. The van der Waals surface area contributed by atoms with Gasteiger partial charge in [0.05, 0.1) is 0 Å². The minimum Gasteiger partial charge on any atom is -0.300 e. The smallest absolute Gasteiger partial charge is 0.132 e. The molecule has 0 amide bonds. The van der Waals surface area contributed by atoms with Gasteiger partial charge in [0, 0.05) is 5.92 Å². The van der Waals surface area contributed by atoms with Crippen LogP contribution in [0.25, 0.3) is 0 Å². The van der Waals surface area contributed by atoms with Gasteiger partial charge >= 0.3 is 0 Å². The molecule has 0 aliphatic heterocycles. The summed E-state index contributed by atoms with van der Waals surface area (Å²) in [6.45, 7) is 7.78. The average Bonchev–Trinajstić information content (AvgIpc) is 2.22. The van der Waals surface area contributed by atoms with Crippen molar-refractivity contribution in [3.05, 3.63) is 0 Å². The maximum absolute atomic E-state index is 11.0. The fraction of sp³-hybridized carbons (Fsp3) is 0.923. The summed E-state index contributed by atoms with van der Waals surface area (Å²) in [5.74, 6) is 1.51. The zero-order valence-electron chi connectivity index (χ0n) is 10.3. The van der Waals surface area contributed by atoms with Crippen LogP contribution in [0.3, 0.4) is 0 Å². The van der Waals surface area contributed by atoms with E-state index in [9.17, 15) is 4.79 Å². The molecule has 1 rings (SSSR count). The van der Waals surface area contributed by atoms with Crippen LogP contribution >= 0.6 is 0 Å². The molecule has 1 saturated carbocycles. The van der Waals surface area contributed by atoms with Crippen molar-refractivity contribution in [3.63, 3.8) is 0 Å². The molecule has 0 bridgehead atoms. The summed E-state index contributed by atoms with van der Waals surface area (Å²) in [6, 6.07) is 0. The molecule has 1 atom stereocenters. The van der Waals surface area contributed by atoms with Gasteiger partial charge in [0.15, 0.2) is 0 Å². The van der Waals surface area contributed by atoms with Gasteiger partial charge in [-0.3, -0.25) is 4.79 Å². The monoisotopic (exact) mass is 198 g/mol. The van der Waals surface area contributed by atoms with E-state index >= 15 is 0 Å². The Morgan fingerprint density at radius 1 is 1.21 bits per heavy atom. The molecule has 0 aromatic carbocycles. The van der Waals surface area contributed by atoms with Gasteiger partial charge < -0.3 is 0 Å². The topological polar surface area (TPSA) is 17.1 Å². The van der Waals surface area contributed by atoms with Crippen LogP contribution < -0.4 is 0 Å². The minimum atomic E-state index is 0.299. The molecule has 1 aliphatic rings. The largest absolute Gasteiger partial charge is 0.300 e. The molecule has 0 spiro atoms. The summed E-state index contributed by atoms with van der Waals surface area (Å²) in [7, 11) is 0. The Bertz CT molecular complexity index is 145. The lowest BCUT2D eigenvalue weighted by Crippen LogP contribution is -2.15. The number of rotatable bonds is 3. The molecular weight excluding hydrogens is 172 g/mol. The fourth-order valence-electron chi connectivity index (χ4n) is 2.09. The summed E-state index contributed by atoms with van der Waals surface area (Å²) in [5.41, 5.74) is 0. The Morgan fingerprint density at radius 3 is 2.14 bits per heavy atom. The molecule has 0 heterocycles. The van der Waals surface area contributed by atoms with Crippen LogP contribution in [-0.2, 0) is 4.79 Å². The molecule has 0 N–H and O–H groups in total. The third-order valence-electron chi connectivity index (χ3n) is 3.11. The van der Waals surface area contributed by atoms with Crippen molar-refractivity contribution in [2.24, 2.45) is 11.8 Å². The number of hydrogen-bond acceptors (Lipinski definition) is 1. The third kappa shape index (κ3) is 5.41. The molecule has 0 aromatic heterocycles. The van der Waals surface area contributed by atoms with Gasteiger partial charge in [-0.15, -0.1) is 0 Å². The Labute approximate surface area is 89.3 Å². The molecule has 1 unspecified atom stereocenters. The van der Waals surface area contributed by atoms with E-state index in [1.807, 2.05) is 13.8 Å². The van der Waals surface area contributed by atoms with Gasteiger partial charge in [0.25, 0.3) is 0 Å². The van der Waals surface area contributed by atoms with Gasteiger partial charge in [0.2, 0.25) is 0 Å². The molecule has 1 fully saturated rings. The molecule has 1 aliphatic carbocycles. The quantitative estimate of drug-likeness (QED) is 0.664. The van der Waals surface area contributed by atoms with Crippen LogP contribution in [-0.4, -0.2) is 5.78 Å². The Hall–Kier alpha value is -0.330. The van der Waals surface area contributed by atoms with Crippen molar-refractivity contribution in [1.82, 2.24) is 0 Å². The molecule has 14 heavy (non-hydrogen) atoms. The van der Waals surface area contributed by atoms with E-state index in [1.165, 1.54) is 32.1 Å². The maximum Gasteiger partial charge on any atom is 0.132 e. The molecule has 0 radical (unpaired) electrons. The summed E-state index contributed by atoms with van der Waals surface area (Å²) in [4.78, 5) is 11.0. The van der Waals surface area contributed by atoms with Crippen molar-refractivity contribution >= 4 is 5.78 Å². The normalized spacial score (nSPS) is 19.4. The van der Waals surface area contributed by atoms with E-state index in [0.717, 1.165) is 12.3 Å². The standard InChI is InChI=1S/C11H20O.C2H6/c1-9(10(2)12)8-11-6-4-3-5-7-11;1-2/h9,11H,3-8H2,1-2H3;1-2H3. The lowest BCUT2D eigenvalue weighted by Gasteiger charge is -2.23. The maximum atomic E-state index is 11.0. The van der Waals surface area contributed by atoms with Crippen LogP contribution in [0.5, 0.6) is 0 Å². The summed E-state index contributed by atoms with van der Waals surface area (Å²) in [5, 5.41) is 0. The minimum absolute atomic E-state index is 0.299. The first-order valence-electron chi connectivity index (χ1n) is 6.20. The Kier molecular flexibility index (Phi) is 7.83. The fourth-order valence-corrected chi connectivity index (χ4v) is 2.09. The molecule has 1 heteroatoms. The van der Waals surface area contributed by atoms with Crippen LogP contribution in [0.4, 0.5) is 0 Å². The average molecular weight is 198 g/mol. The van der Waals surface area contributed by atoms with Crippen LogP contribution in [0.1, 0.15) is 66.2 Å². The number of hydrogen-bond donors (Lipinski definition) is 0. The van der Waals surface area contributed by atoms with Crippen molar-refractivity contribution in [2.45, 2.75) is 66.2 Å². The first-order valence-corrected chi connectivity index (χ1v) is 6.20. The Morgan fingerprint density at radius 2 is 1.71 bits per heavy atom. The first-order chi connectivity index (χ1) is 6.70. The van der Waals surface area contributed by atoms with Gasteiger partial charge in [-0.05, 0) is 19.3 Å². The number of Topliss-reactive ketones (excluding diaryl/α,β-unsaturated/α-hetero) is 1. The number of carbonyl (C=O) groups excluding carboxylic acids is 1. The van der Waals surface area contributed by atoms with Crippen molar-refractivity contribution < 1.29 is 4.79 Å². The predicted molar refractivity (Wildman–Crippen MR) is 62.4 cm³/mol. The summed E-state index contributed by atoms with van der Waals surface area (Å²) >= 11 is 0. The highest BCUT2D eigenvalue weighted by molar-refractivity contribution is 5.77. The zero-order valence-corrected chi connectivity index (χ0v) is 10.3. The number of ketones is 1. The second-order valence-corrected chi connectivity index (χ2v) is 4.25. The van der Waals surface area contributed by atoms with Crippen LogP contribution in [0, 0.1) is 11.8 Å². The van der Waals surface area contributed by atoms with Crippen molar-refractivity contribution in [1.29, 1.82) is 0 Å². The van der Waals surface area contributed by atoms with Gasteiger partial charge in [-0.1, -0.05) is 52.9 Å². The van der Waals surface area contributed by atoms with E-state index in [2.05, 4.69) is 6.92 Å². The van der Waals surface area contributed by atoms with Gasteiger partial charge in [-0.25, -0.2) is 0 Å². The highest BCUT2D eigenvalue weighted by Crippen LogP contribution is 2.29. The van der Waals surface area contributed by atoms with Gasteiger partial charge in [0.1, 0.15) is 5.78 Å². The number of carbonyl (C=O) groups is 1. The van der Waals surface area contributed by atoms with E-state index in [4.69, 9.17) is 0 Å². The highest BCUT2D eigenvalue weighted by atomic mass is 16.1. The Balaban J connectivity index is 0.000000791. The lowest BCUT2D eigenvalue weighted by atomic mass is 9.82. The zero-order chi connectivity index (χ0) is 11.0. The van der Waals surface area contributed by atoms with Gasteiger partial charge in [-0.2, -0.15) is 0 Å². The second-order valence-electron chi connectivity index (χ2n) is 4.25.